The molecule has 2 N–H and O–H groups in total. The van der Waals surface area contributed by atoms with E-state index in [4.69, 9.17) is 16.3 Å². The van der Waals surface area contributed by atoms with E-state index >= 15 is 0 Å². The summed E-state index contributed by atoms with van der Waals surface area (Å²) in [5.41, 5.74) is 1.05. The second-order valence-electron chi connectivity index (χ2n) is 4.56. The average molecular weight is 308 g/mol. The largest absolute Gasteiger partial charge is 0.378 e. The van der Waals surface area contributed by atoms with E-state index in [0.717, 1.165) is 5.69 Å². The molecule has 1 aromatic carbocycles. The Morgan fingerprint density at radius 2 is 1.95 bits per heavy atom. The van der Waals surface area contributed by atoms with Crippen molar-refractivity contribution in [2.45, 2.75) is 0 Å². The number of rotatable bonds is 3. The van der Waals surface area contributed by atoms with Gasteiger partial charge in [-0.3, -0.25) is 4.79 Å². The molecule has 0 unspecified atom stereocenters. The number of nitrogens with zero attached hydrogens (tertiary/aromatic N) is 3. The molecule has 3 rings (SSSR count). The fraction of sp³-hybridized carbons (Fsp3) is 0.308. The van der Waals surface area contributed by atoms with Crippen LogP contribution < -0.4 is 5.32 Å². The first-order valence-electron chi connectivity index (χ1n) is 6.54. The lowest BCUT2D eigenvalue weighted by atomic mass is 10.3. The van der Waals surface area contributed by atoms with Gasteiger partial charge in [-0.2, -0.15) is 5.21 Å². The van der Waals surface area contributed by atoms with Crippen LogP contribution in [0.1, 0.15) is 10.5 Å². The fourth-order valence-corrected chi connectivity index (χ4v) is 2.18. The normalized spacial score (nSPS) is 15.0. The smallest absolute Gasteiger partial charge is 0.278 e. The van der Waals surface area contributed by atoms with Gasteiger partial charge >= 0.3 is 0 Å². The van der Waals surface area contributed by atoms with Crippen molar-refractivity contribution in [3.05, 3.63) is 35.0 Å². The molecule has 8 heteroatoms. The number of nitrogens with one attached hydrogen (secondary N) is 2. The van der Waals surface area contributed by atoms with E-state index in [0.29, 0.717) is 37.1 Å². The molecule has 2 aromatic rings. The maximum Gasteiger partial charge on any atom is 0.278 e. The lowest BCUT2D eigenvalue weighted by Crippen LogP contribution is -2.41. The molecule has 1 aliphatic rings. The number of hydrogen-bond donors (Lipinski definition) is 2. The summed E-state index contributed by atoms with van der Waals surface area (Å²) in [6.07, 6.45) is 0. The van der Waals surface area contributed by atoms with Crippen LogP contribution in [0.3, 0.4) is 0 Å². The van der Waals surface area contributed by atoms with Crippen LogP contribution in [0.25, 0.3) is 0 Å². The molecule has 1 aliphatic heterocycles. The van der Waals surface area contributed by atoms with Crippen LogP contribution in [0.5, 0.6) is 0 Å². The highest BCUT2D eigenvalue weighted by Gasteiger charge is 2.24. The number of morpholine rings is 1. The fourth-order valence-electron chi connectivity index (χ4n) is 2.05. The molecule has 1 saturated heterocycles. The molecule has 0 radical (unpaired) electrons. The van der Waals surface area contributed by atoms with E-state index in [1.54, 1.807) is 29.2 Å². The zero-order valence-electron chi connectivity index (χ0n) is 11.2. The minimum atomic E-state index is -0.163. The highest BCUT2D eigenvalue weighted by molar-refractivity contribution is 6.30. The van der Waals surface area contributed by atoms with Crippen LogP contribution in [0.15, 0.2) is 24.3 Å². The second kappa shape index (κ2) is 6.11. The molecule has 0 saturated carbocycles. The number of halogens is 1. The van der Waals surface area contributed by atoms with Gasteiger partial charge in [0, 0.05) is 23.8 Å². The molecular weight excluding hydrogens is 294 g/mol. The van der Waals surface area contributed by atoms with Gasteiger partial charge in [-0.05, 0) is 24.3 Å². The van der Waals surface area contributed by atoms with Crippen LogP contribution in [-0.2, 0) is 4.74 Å². The van der Waals surface area contributed by atoms with Crippen molar-refractivity contribution in [3.63, 3.8) is 0 Å². The standard InChI is InChI=1S/C13H14ClN5O2/c14-9-1-3-10(4-2-9)15-12-11(16-18-17-12)13(20)19-5-7-21-8-6-19/h1-4H,5-8H2,(H2,15,16,17,18). The maximum absolute atomic E-state index is 12.4. The lowest BCUT2D eigenvalue weighted by molar-refractivity contribution is 0.0299. The van der Waals surface area contributed by atoms with Crippen LogP contribution >= 0.6 is 11.6 Å². The molecule has 1 fully saturated rings. The summed E-state index contributed by atoms with van der Waals surface area (Å²) in [6.45, 7) is 2.21. The van der Waals surface area contributed by atoms with E-state index in [9.17, 15) is 4.79 Å². The van der Waals surface area contributed by atoms with Gasteiger partial charge in [0.25, 0.3) is 5.91 Å². The highest BCUT2D eigenvalue weighted by Crippen LogP contribution is 2.20. The Hall–Kier alpha value is -2.12. The zero-order chi connectivity index (χ0) is 14.7. The lowest BCUT2D eigenvalue weighted by Gasteiger charge is -2.26. The summed E-state index contributed by atoms with van der Waals surface area (Å²) in [5, 5.41) is 14.1. The Morgan fingerprint density at radius 1 is 1.24 bits per heavy atom. The minimum absolute atomic E-state index is 0.163. The number of H-pyrrole nitrogens is 1. The summed E-state index contributed by atoms with van der Waals surface area (Å²) < 4.78 is 5.24. The van der Waals surface area contributed by atoms with Gasteiger partial charge < -0.3 is 15.0 Å². The Balaban J connectivity index is 1.76. The molecule has 7 nitrogen and oxygen atoms in total. The molecular formula is C13H14ClN5O2. The predicted octanol–water partition coefficient (Wildman–Crippen LogP) is 1.67. The van der Waals surface area contributed by atoms with E-state index in [1.807, 2.05) is 0 Å². The quantitative estimate of drug-likeness (QED) is 0.901. The third-order valence-electron chi connectivity index (χ3n) is 3.16. The van der Waals surface area contributed by atoms with E-state index in [1.165, 1.54) is 0 Å². The van der Waals surface area contributed by atoms with Gasteiger partial charge in [0.05, 0.1) is 13.2 Å². The molecule has 21 heavy (non-hydrogen) atoms. The SMILES string of the molecule is O=C(c1n[nH]nc1Nc1ccc(Cl)cc1)N1CCOCC1. The van der Waals surface area contributed by atoms with Crippen molar-refractivity contribution < 1.29 is 9.53 Å². The molecule has 1 aromatic heterocycles. The van der Waals surface area contributed by atoms with Gasteiger partial charge in [-0.1, -0.05) is 11.6 Å². The second-order valence-corrected chi connectivity index (χ2v) is 4.99. The first-order valence-corrected chi connectivity index (χ1v) is 6.92. The minimum Gasteiger partial charge on any atom is -0.378 e. The van der Waals surface area contributed by atoms with Crippen molar-refractivity contribution >= 4 is 29.0 Å². The van der Waals surface area contributed by atoms with Crippen LogP contribution in [-0.4, -0.2) is 52.5 Å². The zero-order valence-corrected chi connectivity index (χ0v) is 11.9. The number of amides is 1. The number of carbonyl (C=O) groups is 1. The number of benzene rings is 1. The Bertz CT molecular complexity index is 622. The van der Waals surface area contributed by atoms with Crippen molar-refractivity contribution in [3.8, 4) is 0 Å². The van der Waals surface area contributed by atoms with Gasteiger partial charge in [-0.15, -0.1) is 10.2 Å². The summed E-state index contributed by atoms with van der Waals surface area (Å²) in [4.78, 5) is 14.1. The molecule has 0 atom stereocenters. The number of hydrogen-bond acceptors (Lipinski definition) is 5. The monoisotopic (exact) mass is 307 g/mol. The number of carbonyl (C=O) groups excluding carboxylic acids is 1. The summed E-state index contributed by atoms with van der Waals surface area (Å²) in [5.74, 6) is 0.234. The van der Waals surface area contributed by atoms with Crippen molar-refractivity contribution in [2.75, 3.05) is 31.6 Å². The van der Waals surface area contributed by atoms with E-state index in [2.05, 4.69) is 20.7 Å². The molecule has 110 valence electrons. The number of anilines is 2. The number of ether oxygens (including phenoxy) is 1. The number of aromatic amines is 1. The summed E-state index contributed by atoms with van der Waals surface area (Å²) in [7, 11) is 0. The predicted molar refractivity (Wildman–Crippen MR) is 77.8 cm³/mol. The third-order valence-corrected chi connectivity index (χ3v) is 3.41. The Morgan fingerprint density at radius 3 is 2.67 bits per heavy atom. The average Bonchev–Trinajstić information content (AvgIpc) is 2.98. The van der Waals surface area contributed by atoms with Crippen molar-refractivity contribution in [1.82, 2.24) is 20.3 Å². The highest BCUT2D eigenvalue weighted by atomic mass is 35.5. The Labute approximate surface area is 126 Å². The first-order chi connectivity index (χ1) is 10.2. The van der Waals surface area contributed by atoms with E-state index in [-0.39, 0.29) is 11.6 Å². The summed E-state index contributed by atoms with van der Waals surface area (Å²) in [6, 6.07) is 7.13. The Kier molecular flexibility index (Phi) is 4.03. The molecule has 2 heterocycles. The van der Waals surface area contributed by atoms with Gasteiger partial charge in [0.2, 0.25) is 0 Å². The van der Waals surface area contributed by atoms with E-state index < -0.39 is 0 Å². The van der Waals surface area contributed by atoms with Gasteiger partial charge in [-0.25, -0.2) is 0 Å². The topological polar surface area (TPSA) is 83.1 Å². The third kappa shape index (κ3) is 3.14. The van der Waals surface area contributed by atoms with Crippen LogP contribution in [0, 0.1) is 0 Å². The van der Waals surface area contributed by atoms with Crippen LogP contribution in [0.4, 0.5) is 11.5 Å². The first kappa shape index (κ1) is 13.8. The number of aromatic nitrogens is 3. The van der Waals surface area contributed by atoms with Crippen LogP contribution in [0.2, 0.25) is 5.02 Å². The van der Waals surface area contributed by atoms with Crippen molar-refractivity contribution in [2.24, 2.45) is 0 Å². The van der Waals surface area contributed by atoms with Gasteiger partial charge in [0.1, 0.15) is 0 Å². The molecule has 0 aliphatic carbocycles. The molecule has 0 bridgehead atoms. The van der Waals surface area contributed by atoms with Crippen molar-refractivity contribution in [1.29, 1.82) is 0 Å². The maximum atomic E-state index is 12.4. The molecule has 0 spiro atoms. The molecule has 1 amide bonds. The summed E-state index contributed by atoms with van der Waals surface area (Å²) >= 11 is 5.84. The van der Waals surface area contributed by atoms with Gasteiger partial charge in [0.15, 0.2) is 11.5 Å².